The molecule has 7 heteroatoms. The summed E-state index contributed by atoms with van der Waals surface area (Å²) in [7, 11) is 1.58. The fourth-order valence-corrected chi connectivity index (χ4v) is 2.61. The number of hydrogen-bond donors (Lipinski definition) is 1. The van der Waals surface area contributed by atoms with Gasteiger partial charge in [-0.3, -0.25) is 4.79 Å². The van der Waals surface area contributed by atoms with E-state index in [1.165, 1.54) is 24.7 Å². The summed E-state index contributed by atoms with van der Waals surface area (Å²) in [6, 6.07) is 11.3. The number of halogens is 1. The van der Waals surface area contributed by atoms with Gasteiger partial charge < -0.3 is 9.72 Å². The molecule has 0 amide bonds. The third-order valence-corrected chi connectivity index (χ3v) is 3.90. The third-order valence-electron chi connectivity index (χ3n) is 3.90. The molecular formula is C18H13FN4O2. The normalized spacial score (nSPS) is 11.6. The molecule has 2 heterocycles. The summed E-state index contributed by atoms with van der Waals surface area (Å²) < 4.78 is 19.3. The molecule has 0 saturated carbocycles. The van der Waals surface area contributed by atoms with Gasteiger partial charge in [0.1, 0.15) is 28.9 Å². The Kier molecular flexibility index (Phi) is 3.53. The summed E-state index contributed by atoms with van der Waals surface area (Å²) in [6.45, 7) is 0. The molecule has 0 aliphatic carbocycles. The van der Waals surface area contributed by atoms with Gasteiger partial charge in [0.15, 0.2) is 0 Å². The van der Waals surface area contributed by atoms with Gasteiger partial charge in [-0.15, -0.1) is 0 Å². The molecule has 0 aliphatic rings. The number of rotatable bonds is 3. The number of fused-ring (bicyclic) bond motifs is 3. The zero-order valence-electron chi connectivity index (χ0n) is 13.2. The first-order chi connectivity index (χ1) is 12.2. The smallest absolute Gasteiger partial charge is 0.298 e. The van der Waals surface area contributed by atoms with E-state index in [9.17, 15) is 9.18 Å². The number of ether oxygens (including phenoxy) is 1. The average Bonchev–Trinajstić information content (AvgIpc) is 3.01. The molecule has 2 aromatic carbocycles. The van der Waals surface area contributed by atoms with Gasteiger partial charge in [0.05, 0.1) is 13.3 Å². The van der Waals surface area contributed by atoms with Crippen LogP contribution in [0.5, 0.6) is 5.75 Å². The van der Waals surface area contributed by atoms with Crippen LogP contribution in [0.25, 0.3) is 21.9 Å². The summed E-state index contributed by atoms with van der Waals surface area (Å²) in [5.74, 6) is 0.361. The standard InChI is InChI=1S/C18H13FN4O2/c1-25-13-6-7-15-14(8-13)16-17(22-15)18(24)23(10-20-16)21-9-11-2-4-12(19)5-3-11/h2-10,22H,1H3. The maximum atomic E-state index is 12.9. The second-order valence-corrected chi connectivity index (χ2v) is 5.45. The molecule has 2 aromatic heterocycles. The van der Waals surface area contributed by atoms with Gasteiger partial charge in [-0.05, 0) is 35.9 Å². The molecule has 4 aromatic rings. The molecule has 0 fully saturated rings. The van der Waals surface area contributed by atoms with Crippen LogP contribution in [0.3, 0.4) is 0 Å². The van der Waals surface area contributed by atoms with E-state index in [0.717, 1.165) is 15.6 Å². The number of aromatic nitrogens is 3. The zero-order chi connectivity index (χ0) is 17.4. The SMILES string of the molecule is COc1ccc2[nH]c3c(=O)n(N=Cc4ccc(F)cc4)cnc3c2c1. The minimum Gasteiger partial charge on any atom is -0.497 e. The molecule has 0 spiro atoms. The highest BCUT2D eigenvalue weighted by atomic mass is 19.1. The van der Waals surface area contributed by atoms with Crippen molar-refractivity contribution in [2.75, 3.05) is 7.11 Å². The predicted octanol–water partition coefficient (Wildman–Crippen LogP) is 2.91. The molecular weight excluding hydrogens is 323 g/mol. The van der Waals surface area contributed by atoms with Crippen LogP contribution < -0.4 is 10.3 Å². The van der Waals surface area contributed by atoms with Crippen LogP contribution in [-0.2, 0) is 0 Å². The fourth-order valence-electron chi connectivity index (χ4n) is 2.61. The lowest BCUT2D eigenvalue weighted by Crippen LogP contribution is -2.17. The van der Waals surface area contributed by atoms with E-state index >= 15 is 0 Å². The van der Waals surface area contributed by atoms with Crippen LogP contribution in [0.4, 0.5) is 4.39 Å². The van der Waals surface area contributed by atoms with Crippen molar-refractivity contribution in [3.05, 3.63) is 70.5 Å². The van der Waals surface area contributed by atoms with Gasteiger partial charge in [0.2, 0.25) is 0 Å². The molecule has 4 rings (SSSR count). The minimum atomic E-state index is -0.328. The van der Waals surface area contributed by atoms with Gasteiger partial charge in [-0.2, -0.15) is 9.78 Å². The number of benzene rings is 2. The van der Waals surface area contributed by atoms with Crippen molar-refractivity contribution >= 4 is 28.2 Å². The number of methoxy groups -OCH3 is 1. The number of nitrogens with one attached hydrogen (secondary N) is 1. The first-order valence-corrected chi connectivity index (χ1v) is 7.53. The van der Waals surface area contributed by atoms with Crippen LogP contribution in [0.1, 0.15) is 5.56 Å². The number of nitrogens with zero attached hydrogens (tertiary/aromatic N) is 3. The van der Waals surface area contributed by atoms with Crippen LogP contribution >= 0.6 is 0 Å². The molecule has 0 unspecified atom stereocenters. The Bertz CT molecular complexity index is 1160. The van der Waals surface area contributed by atoms with Crippen LogP contribution in [0.2, 0.25) is 0 Å². The van der Waals surface area contributed by atoms with E-state index in [1.807, 2.05) is 18.2 Å². The van der Waals surface area contributed by atoms with Crippen molar-refractivity contribution in [3.8, 4) is 5.75 Å². The Morgan fingerprint density at radius 1 is 1.24 bits per heavy atom. The van der Waals surface area contributed by atoms with Crippen molar-refractivity contribution in [3.63, 3.8) is 0 Å². The van der Waals surface area contributed by atoms with Crippen molar-refractivity contribution in [2.45, 2.75) is 0 Å². The van der Waals surface area contributed by atoms with Gasteiger partial charge >= 0.3 is 0 Å². The molecule has 0 atom stereocenters. The molecule has 0 radical (unpaired) electrons. The molecule has 6 nitrogen and oxygen atoms in total. The highest BCUT2D eigenvalue weighted by Crippen LogP contribution is 2.25. The maximum absolute atomic E-state index is 12.9. The molecule has 124 valence electrons. The Morgan fingerprint density at radius 2 is 2.04 bits per heavy atom. The topological polar surface area (TPSA) is 72.3 Å². The summed E-state index contributed by atoms with van der Waals surface area (Å²) in [6.07, 6.45) is 2.83. The minimum absolute atomic E-state index is 0.321. The van der Waals surface area contributed by atoms with E-state index in [4.69, 9.17) is 4.74 Å². The predicted molar refractivity (Wildman–Crippen MR) is 93.8 cm³/mol. The molecule has 0 saturated heterocycles. The Balaban J connectivity index is 1.81. The van der Waals surface area contributed by atoms with Crippen molar-refractivity contribution in [1.82, 2.24) is 14.6 Å². The molecule has 0 bridgehead atoms. The van der Waals surface area contributed by atoms with Gasteiger partial charge in [-0.1, -0.05) is 12.1 Å². The lowest BCUT2D eigenvalue weighted by molar-refractivity contribution is 0.415. The van der Waals surface area contributed by atoms with Gasteiger partial charge in [0.25, 0.3) is 5.56 Å². The third kappa shape index (κ3) is 2.65. The molecule has 1 N–H and O–H groups in total. The first kappa shape index (κ1) is 15.1. The van der Waals surface area contributed by atoms with E-state index < -0.39 is 0 Å². The molecule has 25 heavy (non-hydrogen) atoms. The molecule has 0 aliphatic heterocycles. The second-order valence-electron chi connectivity index (χ2n) is 5.45. The highest BCUT2D eigenvalue weighted by molar-refractivity contribution is 6.04. The number of H-pyrrole nitrogens is 1. The van der Waals surface area contributed by atoms with Gasteiger partial charge in [0, 0.05) is 10.9 Å². The summed E-state index contributed by atoms with van der Waals surface area (Å²) in [5, 5.41) is 4.92. The van der Waals surface area contributed by atoms with Crippen LogP contribution in [-0.4, -0.2) is 28.0 Å². The Hall–Kier alpha value is -3.48. The summed E-state index contributed by atoms with van der Waals surface area (Å²) >= 11 is 0. The van der Waals surface area contributed by atoms with E-state index in [2.05, 4.69) is 15.1 Å². The quantitative estimate of drug-likeness (QED) is 0.585. The lowest BCUT2D eigenvalue weighted by Gasteiger charge is -1.99. The van der Waals surface area contributed by atoms with Crippen molar-refractivity contribution < 1.29 is 9.13 Å². The number of aromatic amines is 1. The average molecular weight is 336 g/mol. The number of hydrogen-bond acceptors (Lipinski definition) is 4. The monoisotopic (exact) mass is 336 g/mol. The highest BCUT2D eigenvalue weighted by Gasteiger charge is 2.11. The van der Waals surface area contributed by atoms with E-state index in [-0.39, 0.29) is 11.4 Å². The lowest BCUT2D eigenvalue weighted by atomic mass is 10.2. The van der Waals surface area contributed by atoms with Crippen LogP contribution in [0, 0.1) is 5.82 Å². The largest absolute Gasteiger partial charge is 0.497 e. The Labute approximate surface area is 141 Å². The van der Waals surface area contributed by atoms with Crippen LogP contribution in [0.15, 0.2) is 58.7 Å². The van der Waals surface area contributed by atoms with Gasteiger partial charge in [-0.25, -0.2) is 9.37 Å². The first-order valence-electron chi connectivity index (χ1n) is 7.53. The van der Waals surface area contributed by atoms with E-state index in [0.29, 0.717) is 22.3 Å². The van der Waals surface area contributed by atoms with Crippen molar-refractivity contribution in [1.29, 1.82) is 0 Å². The Morgan fingerprint density at radius 3 is 2.80 bits per heavy atom. The van der Waals surface area contributed by atoms with E-state index in [1.54, 1.807) is 19.2 Å². The summed E-state index contributed by atoms with van der Waals surface area (Å²) in [5.41, 5.74) is 2.07. The zero-order valence-corrected chi connectivity index (χ0v) is 13.2. The summed E-state index contributed by atoms with van der Waals surface area (Å²) in [4.78, 5) is 20.0. The maximum Gasteiger partial charge on any atom is 0.298 e. The second kappa shape index (κ2) is 5.86. The fraction of sp³-hybridized carbons (Fsp3) is 0.0556. The van der Waals surface area contributed by atoms with Crippen molar-refractivity contribution in [2.24, 2.45) is 5.10 Å².